The fourth-order valence-electron chi connectivity index (χ4n) is 2.87. The molecule has 0 heterocycles. The third-order valence-corrected chi connectivity index (χ3v) is 4.86. The van der Waals surface area contributed by atoms with E-state index in [1.54, 1.807) is 0 Å². The van der Waals surface area contributed by atoms with E-state index in [9.17, 15) is 8.42 Å². The van der Waals surface area contributed by atoms with E-state index in [2.05, 4.69) is 6.07 Å². The van der Waals surface area contributed by atoms with Crippen LogP contribution in [0, 0.1) is 6.92 Å². The molecule has 0 aliphatic heterocycles. The van der Waals surface area contributed by atoms with E-state index in [0.29, 0.717) is 0 Å². The van der Waals surface area contributed by atoms with Gasteiger partial charge in [0.1, 0.15) is 0 Å². The third kappa shape index (κ3) is 3.02. The second kappa shape index (κ2) is 4.62. The number of hydrogen-bond acceptors (Lipinski definition) is 2. The molecule has 0 radical (unpaired) electrons. The maximum atomic E-state index is 11.4. The number of aryl methyl sites for hydroxylation is 1. The Hall–Kier alpha value is -0.540. The molecule has 0 spiro atoms. The SMILES string of the molecule is Cc1cccc(C2(CS(=O)(=O)Cl)CCCC2)c1. The molecule has 0 atom stereocenters. The number of hydrogen-bond donors (Lipinski definition) is 0. The Morgan fingerprint density at radius 1 is 1.29 bits per heavy atom. The van der Waals surface area contributed by atoms with Crippen molar-refractivity contribution in [1.29, 1.82) is 0 Å². The van der Waals surface area contributed by atoms with E-state index >= 15 is 0 Å². The highest BCUT2D eigenvalue weighted by Crippen LogP contribution is 2.42. The van der Waals surface area contributed by atoms with Crippen LogP contribution < -0.4 is 0 Å². The van der Waals surface area contributed by atoms with Gasteiger partial charge in [-0.2, -0.15) is 0 Å². The first-order chi connectivity index (χ1) is 7.91. The van der Waals surface area contributed by atoms with Gasteiger partial charge < -0.3 is 0 Å². The second-order valence-corrected chi connectivity index (χ2v) is 7.82. The van der Waals surface area contributed by atoms with Crippen LogP contribution in [-0.2, 0) is 14.5 Å². The van der Waals surface area contributed by atoms with Crippen LogP contribution in [0.2, 0.25) is 0 Å². The van der Waals surface area contributed by atoms with Crippen molar-refractivity contribution in [2.75, 3.05) is 5.75 Å². The minimum atomic E-state index is -3.45. The van der Waals surface area contributed by atoms with Crippen molar-refractivity contribution < 1.29 is 8.42 Å². The second-order valence-electron chi connectivity index (χ2n) is 5.04. The van der Waals surface area contributed by atoms with Crippen LogP contribution in [0.1, 0.15) is 36.8 Å². The van der Waals surface area contributed by atoms with Gasteiger partial charge >= 0.3 is 0 Å². The zero-order valence-corrected chi connectivity index (χ0v) is 11.5. The lowest BCUT2D eigenvalue weighted by Crippen LogP contribution is -2.30. The lowest BCUT2D eigenvalue weighted by molar-refractivity contribution is 0.485. The van der Waals surface area contributed by atoms with Gasteiger partial charge in [0, 0.05) is 16.1 Å². The van der Waals surface area contributed by atoms with Crippen molar-refractivity contribution in [1.82, 2.24) is 0 Å². The summed E-state index contributed by atoms with van der Waals surface area (Å²) in [6, 6.07) is 8.14. The Morgan fingerprint density at radius 3 is 2.47 bits per heavy atom. The Kier molecular flexibility index (Phi) is 3.50. The smallest absolute Gasteiger partial charge is 0.212 e. The third-order valence-electron chi connectivity index (χ3n) is 3.64. The predicted octanol–water partition coefficient (Wildman–Crippen LogP) is 3.38. The molecule has 4 heteroatoms. The fourth-order valence-corrected chi connectivity index (χ4v) is 4.62. The normalized spacial score (nSPS) is 19.4. The van der Waals surface area contributed by atoms with Crippen molar-refractivity contribution in [2.45, 2.75) is 38.0 Å². The zero-order chi connectivity index (χ0) is 12.5. The molecule has 1 aliphatic carbocycles. The van der Waals surface area contributed by atoms with Crippen molar-refractivity contribution >= 4 is 19.7 Å². The summed E-state index contributed by atoms with van der Waals surface area (Å²) >= 11 is 0. The molecule has 1 aromatic rings. The summed E-state index contributed by atoms with van der Waals surface area (Å²) < 4.78 is 22.8. The summed E-state index contributed by atoms with van der Waals surface area (Å²) in [6.45, 7) is 2.03. The summed E-state index contributed by atoms with van der Waals surface area (Å²) in [5, 5.41) is 0. The lowest BCUT2D eigenvalue weighted by atomic mass is 9.80. The Labute approximate surface area is 107 Å². The first-order valence-corrected chi connectivity index (χ1v) is 8.39. The highest BCUT2D eigenvalue weighted by atomic mass is 35.7. The summed E-state index contributed by atoms with van der Waals surface area (Å²) in [7, 11) is 2.01. The molecule has 0 aromatic heterocycles. The average Bonchev–Trinajstić information content (AvgIpc) is 2.65. The van der Waals surface area contributed by atoms with Crippen molar-refractivity contribution in [3.05, 3.63) is 35.4 Å². The van der Waals surface area contributed by atoms with Gasteiger partial charge in [-0.25, -0.2) is 8.42 Å². The highest BCUT2D eigenvalue weighted by Gasteiger charge is 2.39. The molecule has 0 saturated heterocycles. The Morgan fingerprint density at radius 2 is 1.94 bits per heavy atom. The predicted molar refractivity (Wildman–Crippen MR) is 71.0 cm³/mol. The number of benzene rings is 1. The van der Waals surface area contributed by atoms with E-state index < -0.39 is 9.05 Å². The minimum absolute atomic E-state index is 0.0605. The van der Waals surface area contributed by atoms with Crippen LogP contribution in [0.15, 0.2) is 24.3 Å². The van der Waals surface area contributed by atoms with Gasteiger partial charge in [-0.15, -0.1) is 0 Å². The summed E-state index contributed by atoms with van der Waals surface area (Å²) in [5.41, 5.74) is 2.03. The van der Waals surface area contributed by atoms with Crippen molar-refractivity contribution in [3.8, 4) is 0 Å². The van der Waals surface area contributed by atoms with Gasteiger partial charge in [0.25, 0.3) is 0 Å². The van der Waals surface area contributed by atoms with Crippen LogP contribution in [0.4, 0.5) is 0 Å². The van der Waals surface area contributed by atoms with E-state index in [1.165, 1.54) is 5.56 Å². The van der Waals surface area contributed by atoms with Crippen molar-refractivity contribution in [2.24, 2.45) is 0 Å². The van der Waals surface area contributed by atoms with E-state index in [4.69, 9.17) is 10.7 Å². The monoisotopic (exact) mass is 272 g/mol. The molecule has 0 bridgehead atoms. The van der Waals surface area contributed by atoms with Crippen LogP contribution in [0.3, 0.4) is 0 Å². The number of halogens is 1. The lowest BCUT2D eigenvalue weighted by Gasteiger charge is -2.28. The average molecular weight is 273 g/mol. The minimum Gasteiger partial charge on any atom is -0.212 e. The quantitative estimate of drug-likeness (QED) is 0.791. The summed E-state index contributed by atoms with van der Waals surface area (Å²) in [6.07, 6.45) is 4.01. The highest BCUT2D eigenvalue weighted by molar-refractivity contribution is 8.13. The summed E-state index contributed by atoms with van der Waals surface area (Å²) in [4.78, 5) is 0. The molecule has 1 aromatic carbocycles. The van der Waals surface area contributed by atoms with Crippen LogP contribution in [0.25, 0.3) is 0 Å². The van der Waals surface area contributed by atoms with E-state index in [0.717, 1.165) is 31.2 Å². The molecule has 1 aliphatic rings. The molecular formula is C13H17ClO2S. The largest absolute Gasteiger partial charge is 0.233 e. The van der Waals surface area contributed by atoms with E-state index in [1.807, 2.05) is 25.1 Å². The molecule has 2 nitrogen and oxygen atoms in total. The first-order valence-electron chi connectivity index (χ1n) is 5.91. The molecular weight excluding hydrogens is 256 g/mol. The Bertz CT molecular complexity index is 502. The van der Waals surface area contributed by atoms with Gasteiger partial charge in [-0.05, 0) is 25.3 Å². The van der Waals surface area contributed by atoms with Crippen LogP contribution in [-0.4, -0.2) is 14.2 Å². The molecule has 1 fully saturated rings. The maximum absolute atomic E-state index is 11.4. The molecule has 0 N–H and O–H groups in total. The van der Waals surface area contributed by atoms with Crippen LogP contribution in [0.5, 0.6) is 0 Å². The van der Waals surface area contributed by atoms with Gasteiger partial charge in [-0.1, -0.05) is 42.7 Å². The molecule has 1 saturated carbocycles. The van der Waals surface area contributed by atoms with Gasteiger partial charge in [0.05, 0.1) is 5.75 Å². The molecule has 17 heavy (non-hydrogen) atoms. The fraction of sp³-hybridized carbons (Fsp3) is 0.538. The van der Waals surface area contributed by atoms with Gasteiger partial charge in [0.2, 0.25) is 9.05 Å². The van der Waals surface area contributed by atoms with Gasteiger partial charge in [-0.3, -0.25) is 0 Å². The standard InChI is InChI=1S/C13H17ClO2S/c1-11-5-4-6-12(9-11)13(7-2-3-8-13)10-17(14,15)16/h4-6,9H,2-3,7-8,10H2,1H3. The molecule has 94 valence electrons. The summed E-state index contributed by atoms with van der Waals surface area (Å²) in [5.74, 6) is 0.0605. The Balaban J connectivity index is 2.41. The molecule has 0 amide bonds. The number of rotatable bonds is 3. The molecule has 0 unspecified atom stereocenters. The maximum Gasteiger partial charge on any atom is 0.233 e. The molecule has 2 rings (SSSR count). The van der Waals surface area contributed by atoms with E-state index in [-0.39, 0.29) is 11.2 Å². The van der Waals surface area contributed by atoms with Gasteiger partial charge in [0.15, 0.2) is 0 Å². The topological polar surface area (TPSA) is 34.1 Å². The zero-order valence-electron chi connectivity index (χ0n) is 9.95. The van der Waals surface area contributed by atoms with Crippen molar-refractivity contribution in [3.63, 3.8) is 0 Å². The first kappa shape index (κ1) is 12.9. The van der Waals surface area contributed by atoms with Crippen LogP contribution >= 0.6 is 10.7 Å².